The molecule has 1 rings (SSSR count). The van der Waals surface area contributed by atoms with Crippen LogP contribution in [0, 0.1) is 0 Å². The summed E-state index contributed by atoms with van der Waals surface area (Å²) in [4.78, 5) is 0. The molecule has 0 aromatic heterocycles. The largest absolute Gasteiger partial charge is 0.389 e. The van der Waals surface area contributed by atoms with E-state index >= 15 is 0 Å². The molecule has 2 heteroatoms. The Morgan fingerprint density at radius 2 is 1.48 bits per heavy atom. The van der Waals surface area contributed by atoms with E-state index in [1.165, 1.54) is 95.1 Å². The van der Waals surface area contributed by atoms with Crippen molar-refractivity contribution in [2.75, 3.05) is 0 Å². The van der Waals surface area contributed by atoms with Crippen LogP contribution in [0.25, 0.3) is 0 Å². The van der Waals surface area contributed by atoms with E-state index in [0.717, 1.165) is 6.42 Å². The lowest BCUT2D eigenvalue weighted by molar-refractivity contribution is 0.200. The number of hydrogen-bond donors (Lipinski definition) is 1. The average Bonchev–Trinajstić information content (AvgIpc) is 2.62. The molecule has 158 valence electrons. The fourth-order valence-corrected chi connectivity index (χ4v) is 6.88. The van der Waals surface area contributed by atoms with Crippen molar-refractivity contribution in [3.8, 4) is 0 Å². The van der Waals surface area contributed by atoms with Crippen molar-refractivity contribution in [1.29, 1.82) is 0 Å². The Hall–Kier alpha value is -0.343. The summed E-state index contributed by atoms with van der Waals surface area (Å²) in [5, 5.41) is 12.7. The Morgan fingerprint density at radius 1 is 0.889 bits per heavy atom. The fraction of sp³-hybridized carbons (Fsp3) is 0.840. The van der Waals surface area contributed by atoms with Crippen LogP contribution in [0.15, 0.2) is 22.4 Å². The molecular formula is C25H48OSi. The molecule has 27 heavy (non-hydrogen) atoms. The van der Waals surface area contributed by atoms with Gasteiger partial charge in [-0.1, -0.05) is 96.1 Å². The van der Waals surface area contributed by atoms with Gasteiger partial charge in [0, 0.05) is 0 Å². The second-order valence-electron chi connectivity index (χ2n) is 9.65. The molecular weight excluding hydrogens is 344 g/mol. The van der Waals surface area contributed by atoms with Crippen molar-refractivity contribution >= 4 is 8.07 Å². The minimum Gasteiger partial charge on any atom is -0.389 e. The fourth-order valence-electron chi connectivity index (χ4n) is 4.55. The molecule has 0 heterocycles. The number of allylic oxidation sites excluding steroid dienone is 3. The zero-order valence-corrected chi connectivity index (χ0v) is 20.2. The van der Waals surface area contributed by atoms with Gasteiger partial charge >= 0.3 is 0 Å². The Labute approximate surface area is 171 Å². The standard InChI is InChI=1S/C25H48OSi/c1-6-8-10-12-13-15-21-24(26)25(27(3,4)5)23-20-17-16-19-22(23)18-14-11-9-7-2/h18,24,26H,6-17,19-21H2,1-5H3/b22-18+,25-23+. The van der Waals surface area contributed by atoms with E-state index in [0.29, 0.717) is 0 Å². The van der Waals surface area contributed by atoms with Crippen molar-refractivity contribution in [3.63, 3.8) is 0 Å². The van der Waals surface area contributed by atoms with Crippen LogP contribution in [0.4, 0.5) is 0 Å². The molecule has 1 aliphatic rings. The van der Waals surface area contributed by atoms with Crippen molar-refractivity contribution in [1.82, 2.24) is 0 Å². The minimum absolute atomic E-state index is 0.199. The lowest BCUT2D eigenvalue weighted by atomic mass is 9.87. The van der Waals surface area contributed by atoms with Crippen LogP contribution in [-0.4, -0.2) is 19.3 Å². The molecule has 1 N–H and O–H groups in total. The van der Waals surface area contributed by atoms with E-state index in [2.05, 4.69) is 39.6 Å². The van der Waals surface area contributed by atoms with Gasteiger partial charge in [0.1, 0.15) is 0 Å². The molecule has 0 bridgehead atoms. The lowest BCUT2D eigenvalue weighted by Gasteiger charge is -2.33. The zero-order chi connectivity index (χ0) is 20.1. The molecule has 0 saturated heterocycles. The summed E-state index contributed by atoms with van der Waals surface area (Å²) >= 11 is 0. The maximum absolute atomic E-state index is 11.2. The van der Waals surface area contributed by atoms with E-state index in [1.807, 2.05) is 0 Å². The van der Waals surface area contributed by atoms with Gasteiger partial charge in [0.15, 0.2) is 0 Å². The topological polar surface area (TPSA) is 20.2 Å². The third-order valence-electron chi connectivity index (χ3n) is 6.01. The highest BCUT2D eigenvalue weighted by Gasteiger charge is 2.30. The molecule has 0 spiro atoms. The van der Waals surface area contributed by atoms with Crippen LogP contribution in [-0.2, 0) is 0 Å². The predicted octanol–water partition coefficient (Wildman–Crippen LogP) is 8.35. The van der Waals surface area contributed by atoms with Crippen molar-refractivity contribution in [2.24, 2.45) is 0 Å². The van der Waals surface area contributed by atoms with E-state index in [-0.39, 0.29) is 6.10 Å². The molecule has 0 radical (unpaired) electrons. The Balaban J connectivity index is 2.83. The van der Waals surface area contributed by atoms with Crippen LogP contribution >= 0.6 is 0 Å². The number of hydrogen-bond acceptors (Lipinski definition) is 1. The Bertz CT molecular complexity index is 455. The number of aliphatic hydroxyl groups excluding tert-OH is 1. The Morgan fingerprint density at radius 3 is 2.15 bits per heavy atom. The SMILES string of the molecule is CCCCC/C=C1\CCCC\C1=C(\C(O)CCCCCCCC)[Si](C)(C)C. The first-order valence-corrected chi connectivity index (χ1v) is 15.5. The third-order valence-corrected chi connectivity index (χ3v) is 8.26. The summed E-state index contributed by atoms with van der Waals surface area (Å²) < 4.78 is 0. The van der Waals surface area contributed by atoms with Gasteiger partial charge in [-0.15, -0.1) is 0 Å². The molecule has 0 amide bonds. The zero-order valence-electron chi connectivity index (χ0n) is 19.2. The predicted molar refractivity (Wildman–Crippen MR) is 125 cm³/mol. The van der Waals surface area contributed by atoms with Gasteiger partial charge in [0.25, 0.3) is 0 Å². The van der Waals surface area contributed by atoms with Gasteiger partial charge < -0.3 is 5.11 Å². The van der Waals surface area contributed by atoms with Crippen LogP contribution < -0.4 is 0 Å². The summed E-state index contributed by atoms with van der Waals surface area (Å²) in [6.45, 7) is 11.9. The van der Waals surface area contributed by atoms with E-state index in [1.54, 1.807) is 11.1 Å². The monoisotopic (exact) mass is 392 g/mol. The van der Waals surface area contributed by atoms with Crippen LogP contribution in [0.2, 0.25) is 19.6 Å². The quantitative estimate of drug-likeness (QED) is 0.246. The number of unbranched alkanes of at least 4 members (excludes halogenated alkanes) is 8. The van der Waals surface area contributed by atoms with Crippen molar-refractivity contribution < 1.29 is 5.11 Å². The highest BCUT2D eigenvalue weighted by molar-refractivity contribution is 6.83. The summed E-state index contributed by atoms with van der Waals surface area (Å²) in [5.41, 5.74) is 3.17. The van der Waals surface area contributed by atoms with Crippen LogP contribution in [0.3, 0.4) is 0 Å². The summed E-state index contributed by atoms with van der Waals surface area (Å²) in [6, 6.07) is 0. The smallest absolute Gasteiger partial charge is 0.0761 e. The molecule has 0 aromatic carbocycles. The van der Waals surface area contributed by atoms with E-state index in [4.69, 9.17) is 0 Å². The number of aliphatic hydroxyl groups is 1. The first-order valence-electron chi connectivity index (χ1n) is 12.0. The molecule has 1 nitrogen and oxygen atoms in total. The molecule has 1 saturated carbocycles. The maximum Gasteiger partial charge on any atom is 0.0761 e. The summed E-state index contributed by atoms with van der Waals surface area (Å²) in [7, 11) is -1.53. The highest BCUT2D eigenvalue weighted by atomic mass is 28.3. The Kier molecular flexibility index (Phi) is 12.6. The van der Waals surface area contributed by atoms with Gasteiger partial charge in [0.2, 0.25) is 0 Å². The molecule has 0 aliphatic heterocycles. The van der Waals surface area contributed by atoms with Crippen LogP contribution in [0.1, 0.15) is 110 Å². The minimum atomic E-state index is -1.53. The average molecular weight is 393 g/mol. The molecule has 1 atom stereocenters. The summed E-state index contributed by atoms with van der Waals surface area (Å²) in [5.74, 6) is 0. The van der Waals surface area contributed by atoms with Gasteiger partial charge in [-0.2, -0.15) is 0 Å². The second kappa shape index (κ2) is 13.8. The van der Waals surface area contributed by atoms with E-state index in [9.17, 15) is 5.11 Å². The molecule has 0 aromatic rings. The molecule has 1 fully saturated rings. The third kappa shape index (κ3) is 9.61. The number of rotatable bonds is 13. The first-order chi connectivity index (χ1) is 12.9. The normalized spacial score (nSPS) is 20.1. The lowest BCUT2D eigenvalue weighted by Crippen LogP contribution is -2.34. The van der Waals surface area contributed by atoms with E-state index < -0.39 is 8.07 Å². The first kappa shape index (κ1) is 24.7. The maximum atomic E-state index is 11.2. The second-order valence-corrected chi connectivity index (χ2v) is 14.7. The van der Waals surface area contributed by atoms with Crippen molar-refractivity contribution in [2.45, 2.75) is 136 Å². The van der Waals surface area contributed by atoms with Gasteiger partial charge in [-0.05, 0) is 56.1 Å². The van der Waals surface area contributed by atoms with Gasteiger partial charge in [-0.25, -0.2) is 0 Å². The van der Waals surface area contributed by atoms with Gasteiger partial charge in [0.05, 0.1) is 14.2 Å². The van der Waals surface area contributed by atoms with Crippen LogP contribution in [0.5, 0.6) is 0 Å². The van der Waals surface area contributed by atoms with Gasteiger partial charge in [-0.3, -0.25) is 0 Å². The van der Waals surface area contributed by atoms with Crippen molar-refractivity contribution in [3.05, 3.63) is 22.4 Å². The molecule has 1 unspecified atom stereocenters. The highest BCUT2D eigenvalue weighted by Crippen LogP contribution is 2.37. The summed E-state index contributed by atoms with van der Waals surface area (Å²) in [6.07, 6.45) is 21.4. The molecule has 1 aliphatic carbocycles.